The van der Waals surface area contributed by atoms with Crippen molar-refractivity contribution in [2.24, 2.45) is 0 Å². The summed E-state index contributed by atoms with van der Waals surface area (Å²) in [5, 5.41) is 0.825. The van der Waals surface area contributed by atoms with Crippen LogP contribution < -0.4 is 0 Å². The van der Waals surface area contributed by atoms with Crippen molar-refractivity contribution in [3.05, 3.63) is 48.8 Å². The minimum absolute atomic E-state index is 0.196. The van der Waals surface area contributed by atoms with E-state index in [1.54, 1.807) is 17.4 Å². The first-order chi connectivity index (χ1) is 9.95. The molecule has 2 aromatic heterocycles. The Kier molecular flexibility index (Phi) is 4.53. The number of halogens is 4. The molecule has 0 amide bonds. The van der Waals surface area contributed by atoms with Gasteiger partial charge in [0.2, 0.25) is 0 Å². The summed E-state index contributed by atoms with van der Waals surface area (Å²) < 4.78 is 3.19. The number of thiophene rings is 1. The Morgan fingerprint density at radius 1 is 1.29 bits per heavy atom. The van der Waals surface area contributed by atoms with Gasteiger partial charge < -0.3 is 4.57 Å². The van der Waals surface area contributed by atoms with Crippen LogP contribution in [-0.2, 0) is 6.54 Å². The first-order valence-electron chi connectivity index (χ1n) is 6.19. The van der Waals surface area contributed by atoms with Gasteiger partial charge in [0, 0.05) is 4.88 Å². The lowest BCUT2D eigenvalue weighted by atomic mass is 10.3. The van der Waals surface area contributed by atoms with Gasteiger partial charge >= 0.3 is 0 Å². The minimum Gasteiger partial charge on any atom is -0.321 e. The predicted molar refractivity (Wildman–Crippen MR) is 95.1 cm³/mol. The molecule has 0 aliphatic rings. The molecule has 0 spiro atoms. The molecule has 0 saturated carbocycles. The number of alkyl halides is 1. The van der Waals surface area contributed by atoms with E-state index in [1.807, 2.05) is 19.1 Å². The van der Waals surface area contributed by atoms with Crippen LogP contribution in [0, 0.1) is 0 Å². The molecule has 1 atom stereocenters. The van der Waals surface area contributed by atoms with Crippen LogP contribution in [0.5, 0.6) is 0 Å². The zero-order valence-corrected chi connectivity index (χ0v) is 15.6. The van der Waals surface area contributed by atoms with E-state index < -0.39 is 0 Å². The van der Waals surface area contributed by atoms with E-state index >= 15 is 0 Å². The summed E-state index contributed by atoms with van der Waals surface area (Å²) in [4.78, 5) is 5.81. The normalized spacial score (nSPS) is 13.0. The Balaban J connectivity index is 2.17. The summed E-state index contributed by atoms with van der Waals surface area (Å²) >= 11 is 23.7. The molecule has 21 heavy (non-hydrogen) atoms. The molecule has 110 valence electrons. The van der Waals surface area contributed by atoms with Crippen LogP contribution in [0.15, 0.2) is 28.1 Å². The monoisotopic (exact) mass is 422 g/mol. The van der Waals surface area contributed by atoms with Gasteiger partial charge in [0.05, 0.1) is 36.8 Å². The predicted octanol–water partition coefficient (Wildman–Crippen LogP) is 6.52. The van der Waals surface area contributed by atoms with Crippen LogP contribution in [0.2, 0.25) is 10.0 Å². The molecule has 3 aromatic rings. The average Bonchev–Trinajstić information content (AvgIpc) is 2.96. The van der Waals surface area contributed by atoms with Crippen LogP contribution >= 0.6 is 62.1 Å². The maximum absolute atomic E-state index is 6.28. The van der Waals surface area contributed by atoms with E-state index in [4.69, 9.17) is 34.8 Å². The highest BCUT2D eigenvalue weighted by atomic mass is 79.9. The summed E-state index contributed by atoms with van der Waals surface area (Å²) in [5.41, 5.74) is 1.75. The number of hydrogen-bond donors (Lipinski definition) is 0. The molecular formula is C14H10BrCl3N2S. The van der Waals surface area contributed by atoms with E-state index in [2.05, 4.69) is 31.5 Å². The van der Waals surface area contributed by atoms with E-state index in [0.717, 1.165) is 20.6 Å². The Morgan fingerprint density at radius 2 is 2.00 bits per heavy atom. The molecule has 2 nitrogen and oxygen atoms in total. The lowest BCUT2D eigenvalue weighted by Crippen LogP contribution is -2.04. The lowest BCUT2D eigenvalue weighted by molar-refractivity contribution is 0.750. The van der Waals surface area contributed by atoms with Crippen LogP contribution in [0.25, 0.3) is 11.0 Å². The minimum atomic E-state index is -0.196. The zero-order chi connectivity index (χ0) is 15.1. The largest absolute Gasteiger partial charge is 0.321 e. The SMILES string of the molecule is CC(Cl)c1nc2cc(Cl)c(Cl)cc2n1Cc1ccc(Br)s1. The van der Waals surface area contributed by atoms with E-state index in [-0.39, 0.29) is 5.38 Å². The summed E-state index contributed by atoms with van der Waals surface area (Å²) in [7, 11) is 0. The van der Waals surface area contributed by atoms with Crippen molar-refractivity contribution in [1.82, 2.24) is 9.55 Å². The fourth-order valence-electron chi connectivity index (χ4n) is 2.20. The van der Waals surface area contributed by atoms with Crippen molar-refractivity contribution in [3.8, 4) is 0 Å². The zero-order valence-electron chi connectivity index (χ0n) is 10.9. The first kappa shape index (κ1) is 15.6. The van der Waals surface area contributed by atoms with Crippen LogP contribution in [0.1, 0.15) is 23.0 Å². The topological polar surface area (TPSA) is 17.8 Å². The summed E-state index contributed by atoms with van der Waals surface area (Å²) in [6.07, 6.45) is 0. The van der Waals surface area contributed by atoms with Gasteiger partial charge in [-0.1, -0.05) is 23.2 Å². The molecular weight excluding hydrogens is 414 g/mol. The third-order valence-electron chi connectivity index (χ3n) is 3.12. The second kappa shape index (κ2) is 6.09. The van der Waals surface area contributed by atoms with E-state index in [9.17, 15) is 0 Å². The van der Waals surface area contributed by atoms with Crippen LogP contribution in [0.4, 0.5) is 0 Å². The molecule has 1 unspecified atom stereocenters. The van der Waals surface area contributed by atoms with Gasteiger partial charge in [-0.3, -0.25) is 0 Å². The van der Waals surface area contributed by atoms with Crippen molar-refractivity contribution < 1.29 is 0 Å². The van der Waals surface area contributed by atoms with Crippen molar-refractivity contribution >= 4 is 73.1 Å². The Bertz CT molecular complexity index is 810. The molecule has 0 aliphatic heterocycles. The molecule has 2 heterocycles. The number of rotatable bonds is 3. The van der Waals surface area contributed by atoms with Gasteiger partial charge in [-0.15, -0.1) is 22.9 Å². The highest BCUT2D eigenvalue weighted by Gasteiger charge is 2.17. The maximum Gasteiger partial charge on any atom is 0.128 e. The summed E-state index contributed by atoms with van der Waals surface area (Å²) in [6, 6.07) is 7.74. The van der Waals surface area contributed by atoms with Gasteiger partial charge in [0.25, 0.3) is 0 Å². The van der Waals surface area contributed by atoms with E-state index in [0.29, 0.717) is 16.6 Å². The quantitative estimate of drug-likeness (QED) is 0.438. The van der Waals surface area contributed by atoms with Crippen molar-refractivity contribution in [3.63, 3.8) is 0 Å². The first-order valence-corrected chi connectivity index (χ1v) is 8.99. The third-order valence-corrected chi connectivity index (χ3v) is 5.64. The number of nitrogens with zero attached hydrogens (tertiary/aromatic N) is 2. The Morgan fingerprint density at radius 3 is 2.62 bits per heavy atom. The molecule has 1 aromatic carbocycles. The fourth-order valence-corrected chi connectivity index (χ4v) is 4.16. The molecule has 7 heteroatoms. The number of fused-ring (bicyclic) bond motifs is 1. The smallest absolute Gasteiger partial charge is 0.128 e. The Labute approximate surface area is 149 Å². The average molecular weight is 425 g/mol. The second-order valence-corrected chi connectivity index (χ2v) is 8.65. The summed E-state index contributed by atoms with van der Waals surface area (Å²) in [5.74, 6) is 0.814. The number of aromatic nitrogens is 2. The number of imidazole rings is 1. The maximum atomic E-state index is 6.28. The number of hydrogen-bond acceptors (Lipinski definition) is 2. The molecule has 0 N–H and O–H groups in total. The molecule has 0 radical (unpaired) electrons. The van der Waals surface area contributed by atoms with Gasteiger partial charge in [-0.25, -0.2) is 4.98 Å². The second-order valence-electron chi connectivity index (χ2n) is 4.63. The van der Waals surface area contributed by atoms with Gasteiger partial charge in [0.1, 0.15) is 5.82 Å². The van der Waals surface area contributed by atoms with Crippen LogP contribution in [-0.4, -0.2) is 9.55 Å². The molecule has 3 rings (SSSR count). The van der Waals surface area contributed by atoms with Gasteiger partial charge in [0.15, 0.2) is 0 Å². The van der Waals surface area contributed by atoms with Gasteiger partial charge in [-0.05, 0) is 47.1 Å². The van der Waals surface area contributed by atoms with Crippen LogP contribution in [0.3, 0.4) is 0 Å². The lowest BCUT2D eigenvalue weighted by Gasteiger charge is -2.09. The Hall–Kier alpha value is -0.260. The van der Waals surface area contributed by atoms with Gasteiger partial charge in [-0.2, -0.15) is 0 Å². The van der Waals surface area contributed by atoms with E-state index in [1.165, 1.54) is 4.88 Å². The van der Waals surface area contributed by atoms with Crippen molar-refractivity contribution in [1.29, 1.82) is 0 Å². The highest BCUT2D eigenvalue weighted by Crippen LogP contribution is 2.32. The standard InChI is InChI=1S/C14H10BrCl3N2S/c1-7(16)14-19-11-4-9(17)10(18)5-12(11)20(14)6-8-2-3-13(15)21-8/h2-5,7H,6H2,1H3. The third kappa shape index (κ3) is 3.10. The van der Waals surface area contributed by atoms with Crippen molar-refractivity contribution in [2.45, 2.75) is 18.8 Å². The van der Waals surface area contributed by atoms with Crippen molar-refractivity contribution in [2.75, 3.05) is 0 Å². The molecule has 0 bridgehead atoms. The molecule has 0 saturated heterocycles. The molecule has 0 aliphatic carbocycles. The number of benzene rings is 1. The highest BCUT2D eigenvalue weighted by molar-refractivity contribution is 9.11. The molecule has 0 fully saturated rings. The summed E-state index contributed by atoms with van der Waals surface area (Å²) in [6.45, 7) is 2.62. The fraction of sp³-hybridized carbons (Fsp3) is 0.214.